The standard InChI is InChI=1S/C24H30F2N4O5.C16H24F2N4O3.BrH/c25-24(26)10-16-12-30(23(34)35-13-14-5-2-1-3-6-14)19(17(16)11-24)22(33)29-18(20(27)31)9-15-7-4-8-28-21(15)32;17-16(18)5-9-7-21-12(10(9)6-16)15(25)22-11(13(19)23)4-8-2-1-3-20-14(8)24;/h1-3,5-6,15-19H,4,7-13H2,(H2,27,31)(H,28,32)(H,29,33);8-12,21H,1-7H2,(H2,19,23)(H,20,24)(H,22,25);1H/t15-,16-,17-,18-,19-;8-,9-,10-,11-,12-;/m00./s1. The Bertz CT molecular complexity index is 1800. The van der Waals surface area contributed by atoms with Crippen LogP contribution in [-0.4, -0.2) is 109 Å². The first kappa shape index (κ1) is 47.5. The lowest BCUT2D eigenvalue weighted by molar-refractivity contribution is -0.133. The van der Waals surface area contributed by atoms with E-state index in [2.05, 4.69) is 26.6 Å². The predicted molar refractivity (Wildman–Crippen MR) is 215 cm³/mol. The van der Waals surface area contributed by atoms with Crippen LogP contribution in [0.5, 0.6) is 0 Å². The molecule has 4 heterocycles. The van der Waals surface area contributed by atoms with E-state index in [0.717, 1.165) is 18.4 Å². The van der Waals surface area contributed by atoms with Crippen molar-refractivity contribution in [2.45, 2.75) is 107 Å². The van der Waals surface area contributed by atoms with Gasteiger partial charge in [-0.25, -0.2) is 22.4 Å². The van der Waals surface area contributed by atoms with Crippen LogP contribution < -0.4 is 38.1 Å². The first-order valence-corrected chi connectivity index (χ1v) is 20.6. The van der Waals surface area contributed by atoms with Gasteiger partial charge in [0.25, 0.3) is 0 Å². The molecule has 6 aliphatic rings. The molecule has 1 aromatic rings. The Morgan fingerprint density at radius 1 is 0.770 bits per heavy atom. The van der Waals surface area contributed by atoms with E-state index in [-0.39, 0.29) is 79.5 Å². The van der Waals surface area contributed by atoms with Gasteiger partial charge in [0, 0.05) is 57.2 Å². The summed E-state index contributed by atoms with van der Waals surface area (Å²) < 4.78 is 60.8. The van der Waals surface area contributed by atoms with E-state index in [1.165, 1.54) is 4.90 Å². The zero-order chi connectivity index (χ0) is 43.4. The average Bonchev–Trinajstić information content (AvgIpc) is 3.91. The molecule has 0 radical (unpaired) electrons. The fraction of sp³-hybridized carbons (Fsp3) is 0.675. The average molecular weight is 932 g/mol. The van der Waals surface area contributed by atoms with Crippen LogP contribution in [-0.2, 0) is 40.1 Å². The molecular weight excluding hydrogens is 876 g/mol. The van der Waals surface area contributed by atoms with Crippen LogP contribution in [0.25, 0.3) is 0 Å². The van der Waals surface area contributed by atoms with E-state index >= 15 is 0 Å². The zero-order valence-corrected chi connectivity index (χ0v) is 35.3. The number of likely N-dealkylation sites (tertiary alicyclic amines) is 1. The van der Waals surface area contributed by atoms with E-state index in [9.17, 15) is 51.1 Å². The fourth-order valence-corrected chi connectivity index (χ4v) is 9.78. The Morgan fingerprint density at radius 2 is 1.30 bits per heavy atom. The minimum atomic E-state index is -2.93. The molecule has 6 fully saturated rings. The van der Waals surface area contributed by atoms with Crippen molar-refractivity contribution in [1.82, 2.24) is 31.5 Å². The number of fused-ring (bicyclic) bond motifs is 2. The fourth-order valence-electron chi connectivity index (χ4n) is 9.78. The SMILES string of the molecule is Br.NC(=O)[C@H](C[C@@H]1CCCNC1=O)NC(=O)[C@@H]1[C@H]2CC(F)(F)C[C@H]2CN1C(=O)OCc1ccccc1.NC(=O)[C@H](C[C@@H]1CCCNC1=O)NC(=O)[C@H]1NC[C@@H]2CC(F)(F)C[C@@H]21. The molecule has 1 aromatic carbocycles. The molecule has 0 aromatic heterocycles. The third-order valence-electron chi connectivity index (χ3n) is 12.8. The summed E-state index contributed by atoms with van der Waals surface area (Å²) in [4.78, 5) is 87.6. The number of nitrogens with one attached hydrogen (secondary N) is 5. The second-order valence-electron chi connectivity index (χ2n) is 17.1. The van der Waals surface area contributed by atoms with Gasteiger partial charge < -0.3 is 42.8 Å². The number of rotatable bonds is 12. The molecule has 7 rings (SSSR count). The van der Waals surface area contributed by atoms with Crippen molar-refractivity contribution in [3.63, 3.8) is 0 Å². The summed E-state index contributed by atoms with van der Waals surface area (Å²) in [7, 11) is 0. The number of piperidine rings is 2. The molecule has 7 amide bonds. The number of hydrogen-bond acceptors (Lipinski definition) is 9. The number of carbonyl (C=O) groups excluding carboxylic acids is 7. The molecule has 338 valence electrons. The van der Waals surface area contributed by atoms with Crippen molar-refractivity contribution in [3.8, 4) is 0 Å². The highest BCUT2D eigenvalue weighted by molar-refractivity contribution is 8.93. The van der Waals surface area contributed by atoms with Gasteiger partial charge in [0.1, 0.15) is 24.7 Å². The molecule has 10 atom stereocenters. The minimum Gasteiger partial charge on any atom is -0.445 e. The summed E-state index contributed by atoms with van der Waals surface area (Å²) in [6.45, 7) is 1.44. The van der Waals surface area contributed by atoms with Crippen LogP contribution in [0.4, 0.5) is 22.4 Å². The number of ether oxygens (including phenoxy) is 1. The lowest BCUT2D eigenvalue weighted by Gasteiger charge is -2.30. The maximum absolute atomic E-state index is 14.2. The van der Waals surface area contributed by atoms with E-state index in [0.29, 0.717) is 32.5 Å². The van der Waals surface area contributed by atoms with Gasteiger partial charge in [-0.3, -0.25) is 33.7 Å². The van der Waals surface area contributed by atoms with E-state index in [1.54, 1.807) is 24.3 Å². The van der Waals surface area contributed by atoms with Gasteiger partial charge in [0.15, 0.2) is 0 Å². The van der Waals surface area contributed by atoms with E-state index in [4.69, 9.17) is 16.2 Å². The Balaban J connectivity index is 0.000000240. The number of amides is 7. The smallest absolute Gasteiger partial charge is 0.410 e. The molecule has 4 aliphatic heterocycles. The first-order valence-electron chi connectivity index (χ1n) is 20.6. The Morgan fingerprint density at radius 3 is 1.84 bits per heavy atom. The molecule has 9 N–H and O–H groups in total. The minimum absolute atomic E-state index is 0. The Labute approximate surface area is 360 Å². The molecule has 2 saturated carbocycles. The molecular formula is C40H55BrF4N8O8. The number of alkyl halides is 4. The predicted octanol–water partition coefficient (Wildman–Crippen LogP) is 1.64. The Kier molecular flexibility index (Phi) is 15.7. The lowest BCUT2D eigenvalue weighted by atomic mass is 9.90. The Hall–Kier alpha value is -4.53. The highest BCUT2D eigenvalue weighted by Crippen LogP contribution is 2.50. The molecule has 61 heavy (non-hydrogen) atoms. The number of benzene rings is 1. The van der Waals surface area contributed by atoms with Gasteiger partial charge in [0.2, 0.25) is 47.3 Å². The highest BCUT2D eigenvalue weighted by atomic mass is 79.9. The maximum Gasteiger partial charge on any atom is 0.410 e. The monoisotopic (exact) mass is 930 g/mol. The molecule has 16 nitrogen and oxygen atoms in total. The molecule has 21 heteroatoms. The third-order valence-corrected chi connectivity index (χ3v) is 12.8. The second kappa shape index (κ2) is 20.1. The van der Waals surface area contributed by atoms with Crippen molar-refractivity contribution in [1.29, 1.82) is 0 Å². The molecule has 0 bridgehead atoms. The van der Waals surface area contributed by atoms with Gasteiger partial charge in [0.05, 0.1) is 6.04 Å². The van der Waals surface area contributed by atoms with E-state index in [1.807, 2.05) is 6.07 Å². The number of nitrogens with zero attached hydrogens (tertiary/aromatic N) is 1. The second-order valence-corrected chi connectivity index (χ2v) is 17.1. The van der Waals surface area contributed by atoms with Crippen LogP contribution >= 0.6 is 17.0 Å². The number of hydrogen-bond donors (Lipinski definition) is 7. The molecule has 4 saturated heterocycles. The van der Waals surface area contributed by atoms with Gasteiger partial charge in [-0.2, -0.15) is 0 Å². The summed E-state index contributed by atoms with van der Waals surface area (Å²) >= 11 is 0. The summed E-state index contributed by atoms with van der Waals surface area (Å²) in [5.74, 6) is -11.7. The van der Waals surface area contributed by atoms with E-state index < -0.39 is 102 Å². The van der Waals surface area contributed by atoms with Gasteiger partial charge in [-0.1, -0.05) is 30.3 Å². The summed E-state index contributed by atoms with van der Waals surface area (Å²) in [6, 6.07) is 4.82. The molecule has 0 unspecified atom stereocenters. The van der Waals surface area contributed by atoms with Gasteiger partial charge in [-0.15, -0.1) is 17.0 Å². The van der Waals surface area contributed by atoms with Crippen LogP contribution in [0, 0.1) is 35.5 Å². The topological polar surface area (TPSA) is 244 Å². The lowest BCUT2D eigenvalue weighted by Crippen LogP contribution is -2.55. The van der Waals surface area contributed by atoms with Crippen molar-refractivity contribution < 1.29 is 55.9 Å². The van der Waals surface area contributed by atoms with Crippen LogP contribution in [0.3, 0.4) is 0 Å². The normalized spacial score (nSPS) is 30.4. The quantitative estimate of drug-likeness (QED) is 0.151. The van der Waals surface area contributed by atoms with Gasteiger partial charge >= 0.3 is 6.09 Å². The summed E-state index contributed by atoms with van der Waals surface area (Å²) in [5.41, 5.74) is 11.6. The molecule has 0 spiro atoms. The van der Waals surface area contributed by atoms with Crippen LogP contribution in [0.2, 0.25) is 0 Å². The maximum atomic E-state index is 14.2. The number of halogens is 5. The zero-order valence-electron chi connectivity index (χ0n) is 33.6. The van der Waals surface area contributed by atoms with Crippen molar-refractivity contribution in [2.75, 3.05) is 26.2 Å². The van der Waals surface area contributed by atoms with Gasteiger partial charge in [-0.05, 0) is 74.3 Å². The number of primary amides is 2. The summed E-state index contributed by atoms with van der Waals surface area (Å²) in [5, 5.41) is 13.5. The highest BCUT2D eigenvalue weighted by Gasteiger charge is 2.58. The number of nitrogens with two attached hydrogens (primary N) is 2. The van der Waals surface area contributed by atoms with Crippen molar-refractivity contribution in [2.24, 2.45) is 47.0 Å². The van der Waals surface area contributed by atoms with Crippen molar-refractivity contribution >= 4 is 58.5 Å². The largest absolute Gasteiger partial charge is 0.445 e. The number of carbonyl (C=O) groups is 7. The first-order chi connectivity index (χ1) is 28.4. The van der Waals surface area contributed by atoms with Crippen LogP contribution in [0.15, 0.2) is 30.3 Å². The van der Waals surface area contributed by atoms with Crippen molar-refractivity contribution in [3.05, 3.63) is 35.9 Å². The molecule has 2 aliphatic carbocycles. The summed E-state index contributed by atoms with van der Waals surface area (Å²) in [6.07, 6.45) is 0.562. The third kappa shape index (κ3) is 11.9. The van der Waals surface area contributed by atoms with Crippen LogP contribution in [0.1, 0.15) is 69.8 Å².